The maximum absolute atomic E-state index is 5.80. The van der Waals surface area contributed by atoms with Gasteiger partial charge in [0, 0.05) is 0 Å². The summed E-state index contributed by atoms with van der Waals surface area (Å²) >= 11 is 0. The van der Waals surface area contributed by atoms with Crippen LogP contribution in [0.1, 0.15) is 92.9 Å². The zero-order valence-electron chi connectivity index (χ0n) is 17.7. The molecule has 0 aromatic rings. The van der Waals surface area contributed by atoms with E-state index in [0.29, 0.717) is 22.7 Å². The lowest BCUT2D eigenvalue weighted by atomic mass is 9.66. The first kappa shape index (κ1) is 20.6. The molecule has 0 bridgehead atoms. The Morgan fingerprint density at radius 1 is 0.600 bits per heavy atom. The molecule has 2 rings (SSSR count). The highest BCUT2D eigenvalue weighted by atomic mass is 16.5. The molecule has 2 fully saturated rings. The first-order valence-electron chi connectivity index (χ1n) is 10.7. The number of rotatable bonds is 4. The molecule has 1 nitrogen and oxygen atoms in total. The SMILES string of the molecule is CC(C)(C)C1CCCCC1C=COC=CC1CCCCC1C(C)(C)C. The Bertz CT molecular complexity index is 404. The summed E-state index contributed by atoms with van der Waals surface area (Å²) in [7, 11) is 0. The molecule has 0 aliphatic heterocycles. The molecule has 2 aliphatic rings. The molecule has 0 radical (unpaired) electrons. The summed E-state index contributed by atoms with van der Waals surface area (Å²) in [5.74, 6) is 2.93. The Balaban J connectivity index is 1.88. The van der Waals surface area contributed by atoms with Crippen LogP contribution in [0, 0.1) is 34.5 Å². The molecule has 4 unspecified atom stereocenters. The van der Waals surface area contributed by atoms with Gasteiger partial charge in [-0.1, -0.05) is 67.2 Å². The predicted molar refractivity (Wildman–Crippen MR) is 109 cm³/mol. The van der Waals surface area contributed by atoms with Crippen LogP contribution >= 0.6 is 0 Å². The van der Waals surface area contributed by atoms with Crippen LogP contribution in [0.2, 0.25) is 0 Å². The number of hydrogen-bond acceptors (Lipinski definition) is 1. The summed E-state index contributed by atoms with van der Waals surface area (Å²) < 4.78 is 5.80. The third-order valence-electron chi connectivity index (χ3n) is 6.67. The van der Waals surface area contributed by atoms with Crippen molar-refractivity contribution in [3.05, 3.63) is 24.7 Å². The highest BCUT2D eigenvalue weighted by molar-refractivity contribution is 4.97. The van der Waals surface area contributed by atoms with Crippen molar-refractivity contribution >= 4 is 0 Å². The van der Waals surface area contributed by atoms with Crippen molar-refractivity contribution in [3.8, 4) is 0 Å². The number of hydrogen-bond donors (Lipinski definition) is 0. The highest BCUT2D eigenvalue weighted by Crippen LogP contribution is 2.43. The van der Waals surface area contributed by atoms with Crippen LogP contribution < -0.4 is 0 Å². The zero-order chi connectivity index (χ0) is 18.5. The monoisotopic (exact) mass is 346 g/mol. The average molecular weight is 347 g/mol. The van der Waals surface area contributed by atoms with E-state index >= 15 is 0 Å². The van der Waals surface area contributed by atoms with Gasteiger partial charge in [0.05, 0.1) is 12.5 Å². The topological polar surface area (TPSA) is 9.23 Å². The third kappa shape index (κ3) is 6.19. The second-order valence-electron chi connectivity index (χ2n) is 10.6. The van der Waals surface area contributed by atoms with E-state index in [1.165, 1.54) is 51.4 Å². The minimum absolute atomic E-state index is 0.396. The van der Waals surface area contributed by atoms with E-state index in [2.05, 4.69) is 53.7 Å². The van der Waals surface area contributed by atoms with Gasteiger partial charge in [0.1, 0.15) is 0 Å². The molecule has 0 saturated heterocycles. The van der Waals surface area contributed by atoms with Crippen LogP contribution in [-0.2, 0) is 4.74 Å². The quantitative estimate of drug-likeness (QED) is 0.473. The van der Waals surface area contributed by atoms with Crippen molar-refractivity contribution in [1.29, 1.82) is 0 Å². The molecule has 0 heterocycles. The van der Waals surface area contributed by atoms with E-state index in [1.54, 1.807) is 0 Å². The predicted octanol–water partition coefficient (Wildman–Crippen LogP) is 7.74. The maximum atomic E-state index is 5.80. The third-order valence-corrected chi connectivity index (χ3v) is 6.67. The van der Waals surface area contributed by atoms with E-state index in [4.69, 9.17) is 4.74 Å². The second-order valence-corrected chi connectivity index (χ2v) is 10.6. The fourth-order valence-electron chi connectivity index (χ4n) is 5.27. The van der Waals surface area contributed by atoms with Crippen LogP contribution in [0.15, 0.2) is 24.7 Å². The Hall–Kier alpha value is -0.720. The van der Waals surface area contributed by atoms with Crippen LogP contribution in [0.25, 0.3) is 0 Å². The van der Waals surface area contributed by atoms with Crippen molar-refractivity contribution in [2.75, 3.05) is 0 Å². The van der Waals surface area contributed by atoms with Gasteiger partial charge in [-0.05, 0) is 72.3 Å². The minimum Gasteiger partial charge on any atom is -0.473 e. The number of allylic oxidation sites excluding steroid dienone is 2. The first-order valence-corrected chi connectivity index (χ1v) is 10.7. The van der Waals surface area contributed by atoms with Crippen LogP contribution in [-0.4, -0.2) is 0 Å². The molecular weight excluding hydrogens is 304 g/mol. The van der Waals surface area contributed by atoms with Crippen molar-refractivity contribution in [1.82, 2.24) is 0 Å². The van der Waals surface area contributed by atoms with E-state index in [-0.39, 0.29) is 0 Å². The van der Waals surface area contributed by atoms with Gasteiger partial charge in [0.2, 0.25) is 0 Å². The molecule has 0 N–H and O–H groups in total. The molecule has 0 aromatic carbocycles. The average Bonchev–Trinajstić information content (AvgIpc) is 2.53. The lowest BCUT2D eigenvalue weighted by Crippen LogP contribution is -2.30. The van der Waals surface area contributed by atoms with E-state index in [0.717, 1.165) is 11.8 Å². The normalized spacial score (nSPS) is 32.4. The van der Waals surface area contributed by atoms with Gasteiger partial charge in [-0.15, -0.1) is 0 Å². The van der Waals surface area contributed by atoms with Crippen molar-refractivity contribution in [2.24, 2.45) is 34.5 Å². The van der Waals surface area contributed by atoms with Crippen LogP contribution in [0.4, 0.5) is 0 Å². The minimum atomic E-state index is 0.396. The van der Waals surface area contributed by atoms with E-state index in [1.807, 2.05) is 12.5 Å². The van der Waals surface area contributed by atoms with Gasteiger partial charge in [-0.25, -0.2) is 0 Å². The van der Waals surface area contributed by atoms with E-state index < -0.39 is 0 Å². The van der Waals surface area contributed by atoms with E-state index in [9.17, 15) is 0 Å². The Labute approximate surface area is 157 Å². The largest absolute Gasteiger partial charge is 0.473 e. The molecule has 25 heavy (non-hydrogen) atoms. The van der Waals surface area contributed by atoms with Gasteiger partial charge in [-0.3, -0.25) is 0 Å². The van der Waals surface area contributed by atoms with Gasteiger partial charge in [-0.2, -0.15) is 0 Å². The summed E-state index contributed by atoms with van der Waals surface area (Å²) in [4.78, 5) is 0. The molecule has 2 aliphatic carbocycles. The summed E-state index contributed by atoms with van der Waals surface area (Å²) in [6, 6.07) is 0. The molecule has 0 spiro atoms. The summed E-state index contributed by atoms with van der Waals surface area (Å²) in [6.07, 6.45) is 19.5. The lowest BCUT2D eigenvalue weighted by Gasteiger charge is -2.39. The van der Waals surface area contributed by atoms with Crippen LogP contribution in [0.5, 0.6) is 0 Å². The van der Waals surface area contributed by atoms with Crippen molar-refractivity contribution in [3.63, 3.8) is 0 Å². The standard InChI is InChI=1S/C24H42O/c1-23(2,3)21-13-9-7-11-19(21)15-17-25-18-16-20-12-8-10-14-22(20)24(4,5)6/h15-22H,7-14H2,1-6H3. The van der Waals surface area contributed by atoms with Gasteiger partial charge in [0.25, 0.3) is 0 Å². The smallest absolute Gasteiger partial charge is 0.0864 e. The fourth-order valence-corrected chi connectivity index (χ4v) is 5.27. The molecule has 2 saturated carbocycles. The maximum Gasteiger partial charge on any atom is 0.0864 e. The number of ether oxygens (including phenoxy) is 1. The summed E-state index contributed by atoms with van der Waals surface area (Å²) in [5, 5.41) is 0. The summed E-state index contributed by atoms with van der Waals surface area (Å²) in [6.45, 7) is 14.3. The molecule has 144 valence electrons. The molecule has 0 amide bonds. The fraction of sp³-hybridized carbons (Fsp3) is 0.833. The molecule has 1 heteroatoms. The summed E-state index contributed by atoms with van der Waals surface area (Å²) in [5.41, 5.74) is 0.792. The van der Waals surface area contributed by atoms with Gasteiger partial charge >= 0.3 is 0 Å². The second kappa shape index (κ2) is 8.78. The van der Waals surface area contributed by atoms with Gasteiger partial charge < -0.3 is 4.74 Å². The highest BCUT2D eigenvalue weighted by Gasteiger charge is 2.33. The Kier molecular flexibility index (Phi) is 7.23. The van der Waals surface area contributed by atoms with Crippen LogP contribution in [0.3, 0.4) is 0 Å². The zero-order valence-corrected chi connectivity index (χ0v) is 17.7. The van der Waals surface area contributed by atoms with Gasteiger partial charge in [0.15, 0.2) is 0 Å². The lowest BCUT2D eigenvalue weighted by molar-refractivity contribution is 0.132. The molecular formula is C24H42O. The van der Waals surface area contributed by atoms with Crippen molar-refractivity contribution < 1.29 is 4.74 Å². The first-order chi connectivity index (χ1) is 11.7. The Morgan fingerprint density at radius 2 is 0.960 bits per heavy atom. The Morgan fingerprint density at radius 3 is 1.32 bits per heavy atom. The molecule has 4 atom stereocenters. The molecule has 0 aromatic heterocycles. The van der Waals surface area contributed by atoms with Crippen molar-refractivity contribution in [2.45, 2.75) is 92.9 Å².